The van der Waals surface area contributed by atoms with E-state index >= 15 is 0 Å². The van der Waals surface area contributed by atoms with E-state index in [1.165, 1.54) is 39.9 Å². The molecule has 1 aromatic rings. The van der Waals surface area contributed by atoms with Crippen molar-refractivity contribution in [2.24, 2.45) is 5.73 Å². The molecule has 2 aliphatic carbocycles. The van der Waals surface area contributed by atoms with Gasteiger partial charge >= 0.3 is 0 Å². The van der Waals surface area contributed by atoms with Crippen LogP contribution in [0.4, 0.5) is 0 Å². The van der Waals surface area contributed by atoms with Gasteiger partial charge in [-0.05, 0) is 54.6 Å². The van der Waals surface area contributed by atoms with E-state index in [4.69, 9.17) is 5.73 Å². The van der Waals surface area contributed by atoms with Crippen molar-refractivity contribution >= 4 is 27.3 Å². The maximum absolute atomic E-state index is 6.37. The summed E-state index contributed by atoms with van der Waals surface area (Å²) in [7, 11) is 0. The fourth-order valence-electron chi connectivity index (χ4n) is 2.42. The highest BCUT2D eigenvalue weighted by atomic mass is 79.9. The van der Waals surface area contributed by atoms with Gasteiger partial charge in [-0.15, -0.1) is 11.3 Å². The van der Waals surface area contributed by atoms with Gasteiger partial charge in [0.2, 0.25) is 0 Å². The number of aryl methyl sites for hydroxylation is 1. The molecule has 2 aliphatic rings. The summed E-state index contributed by atoms with van der Waals surface area (Å²) >= 11 is 5.52. The zero-order valence-electron chi connectivity index (χ0n) is 8.27. The van der Waals surface area contributed by atoms with Gasteiger partial charge < -0.3 is 5.73 Å². The minimum atomic E-state index is 0.156. The second-order valence-corrected chi connectivity index (χ2v) is 6.86. The van der Waals surface area contributed by atoms with Gasteiger partial charge in [-0.2, -0.15) is 0 Å². The third kappa shape index (κ3) is 1.09. The first-order chi connectivity index (χ1) is 6.57. The molecule has 0 saturated heterocycles. The predicted molar refractivity (Wildman–Crippen MR) is 63.8 cm³/mol. The molecule has 1 heterocycles. The lowest BCUT2D eigenvalue weighted by Gasteiger charge is -2.21. The van der Waals surface area contributed by atoms with Crippen molar-refractivity contribution in [2.75, 3.05) is 0 Å². The van der Waals surface area contributed by atoms with Gasteiger partial charge in [0.1, 0.15) is 0 Å². The van der Waals surface area contributed by atoms with E-state index in [1.807, 2.05) is 11.3 Å². The molecule has 1 nitrogen and oxygen atoms in total. The van der Waals surface area contributed by atoms with E-state index in [9.17, 15) is 0 Å². The Hall–Kier alpha value is 0.140. The molecule has 0 atom stereocenters. The summed E-state index contributed by atoms with van der Waals surface area (Å²) in [5.74, 6) is 0. The lowest BCUT2D eigenvalue weighted by molar-refractivity contribution is 0.511. The van der Waals surface area contributed by atoms with Crippen LogP contribution in [-0.2, 0) is 5.41 Å². The Balaban J connectivity index is 2.02. The summed E-state index contributed by atoms with van der Waals surface area (Å²) in [6.07, 6.45) is 5.05. The maximum Gasteiger partial charge on any atom is 0.0314 e. The van der Waals surface area contributed by atoms with Crippen molar-refractivity contribution < 1.29 is 0 Å². The Bertz CT molecular complexity index is 368. The number of hydrogen-bond donors (Lipinski definition) is 1. The zero-order valence-corrected chi connectivity index (χ0v) is 10.7. The molecule has 3 heteroatoms. The summed E-state index contributed by atoms with van der Waals surface area (Å²) in [5.41, 5.74) is 6.90. The highest BCUT2D eigenvalue weighted by Crippen LogP contribution is 2.65. The summed E-state index contributed by atoms with van der Waals surface area (Å²) in [6.45, 7) is 2.17. The molecule has 0 unspecified atom stereocenters. The lowest BCUT2D eigenvalue weighted by atomic mass is 9.93. The van der Waals surface area contributed by atoms with Crippen LogP contribution in [0.5, 0.6) is 0 Å². The molecule has 2 fully saturated rings. The summed E-state index contributed by atoms with van der Waals surface area (Å²) < 4.78 is 1.26. The number of thiophene rings is 1. The molecular weight excluding hydrogens is 258 g/mol. The molecule has 0 radical (unpaired) electrons. The second kappa shape index (κ2) is 2.63. The quantitative estimate of drug-likeness (QED) is 0.878. The molecule has 0 aliphatic heterocycles. The van der Waals surface area contributed by atoms with Crippen molar-refractivity contribution in [3.8, 4) is 0 Å². The molecular formula is C11H14BrNS. The monoisotopic (exact) mass is 271 g/mol. The molecule has 0 spiro atoms. The Labute approximate surface area is 96.8 Å². The minimum absolute atomic E-state index is 0.156. The molecule has 2 saturated carbocycles. The molecule has 14 heavy (non-hydrogen) atoms. The van der Waals surface area contributed by atoms with Crippen molar-refractivity contribution in [3.05, 3.63) is 20.3 Å². The van der Waals surface area contributed by atoms with E-state index in [2.05, 4.69) is 28.9 Å². The van der Waals surface area contributed by atoms with Crippen molar-refractivity contribution in [1.29, 1.82) is 0 Å². The van der Waals surface area contributed by atoms with Crippen LogP contribution in [0, 0.1) is 6.92 Å². The van der Waals surface area contributed by atoms with Crippen LogP contribution in [-0.4, -0.2) is 5.54 Å². The number of rotatable bonds is 2. The fourth-order valence-corrected chi connectivity index (χ4v) is 4.31. The van der Waals surface area contributed by atoms with Gasteiger partial charge in [-0.1, -0.05) is 0 Å². The van der Waals surface area contributed by atoms with Crippen LogP contribution < -0.4 is 5.73 Å². The summed E-state index contributed by atoms with van der Waals surface area (Å²) in [6, 6.07) is 2.29. The third-order valence-electron chi connectivity index (χ3n) is 3.82. The Morgan fingerprint density at radius 2 is 2.00 bits per heavy atom. The largest absolute Gasteiger partial charge is 0.324 e. The van der Waals surface area contributed by atoms with E-state index in [0.29, 0.717) is 5.41 Å². The van der Waals surface area contributed by atoms with Crippen molar-refractivity contribution in [1.82, 2.24) is 0 Å². The average Bonchev–Trinajstić information content (AvgIpc) is 2.99. The van der Waals surface area contributed by atoms with Crippen LogP contribution in [0.2, 0.25) is 0 Å². The van der Waals surface area contributed by atoms with Gasteiger partial charge in [0.25, 0.3) is 0 Å². The van der Waals surface area contributed by atoms with Crippen molar-refractivity contribution in [3.63, 3.8) is 0 Å². The number of hydrogen-bond acceptors (Lipinski definition) is 2. The maximum atomic E-state index is 6.37. The lowest BCUT2D eigenvalue weighted by Crippen LogP contribution is -2.36. The molecule has 1 aromatic heterocycles. The molecule has 76 valence electrons. The molecule has 2 N–H and O–H groups in total. The number of halogens is 1. The normalized spacial score (nSPS) is 26.2. The first-order valence-electron chi connectivity index (χ1n) is 5.13. The summed E-state index contributed by atoms with van der Waals surface area (Å²) in [5, 5.41) is 0. The van der Waals surface area contributed by atoms with Gasteiger partial charge in [0.15, 0.2) is 0 Å². The van der Waals surface area contributed by atoms with Crippen molar-refractivity contribution in [2.45, 2.75) is 43.6 Å². The van der Waals surface area contributed by atoms with Crippen LogP contribution in [0.25, 0.3) is 0 Å². The zero-order chi connectivity index (χ0) is 9.97. The van der Waals surface area contributed by atoms with E-state index in [-0.39, 0.29) is 5.54 Å². The highest BCUT2D eigenvalue weighted by molar-refractivity contribution is 9.10. The molecule has 0 bridgehead atoms. The van der Waals surface area contributed by atoms with Gasteiger partial charge in [0.05, 0.1) is 0 Å². The SMILES string of the molecule is Cc1sc(C2(C3(N)CC3)CC2)cc1Br. The topological polar surface area (TPSA) is 26.0 Å². The third-order valence-corrected chi connectivity index (χ3v) is 6.16. The second-order valence-electron chi connectivity index (χ2n) is 4.75. The Morgan fingerprint density at radius 1 is 1.36 bits per heavy atom. The molecule has 0 aromatic carbocycles. The molecule has 3 rings (SSSR count). The first-order valence-corrected chi connectivity index (χ1v) is 6.74. The summed E-state index contributed by atoms with van der Waals surface area (Å²) in [4.78, 5) is 2.90. The van der Waals surface area contributed by atoms with Crippen LogP contribution in [0.3, 0.4) is 0 Å². The average molecular weight is 272 g/mol. The van der Waals surface area contributed by atoms with E-state index in [1.54, 1.807) is 0 Å². The number of nitrogens with two attached hydrogens (primary N) is 1. The van der Waals surface area contributed by atoms with Crippen LogP contribution in [0.15, 0.2) is 10.5 Å². The van der Waals surface area contributed by atoms with Gasteiger partial charge in [-0.25, -0.2) is 0 Å². The smallest absolute Gasteiger partial charge is 0.0314 e. The van der Waals surface area contributed by atoms with Crippen LogP contribution in [0.1, 0.15) is 35.4 Å². The Morgan fingerprint density at radius 3 is 2.36 bits per heavy atom. The molecule has 0 amide bonds. The highest BCUT2D eigenvalue weighted by Gasteiger charge is 2.64. The predicted octanol–water partition coefficient (Wildman–Crippen LogP) is 3.34. The van der Waals surface area contributed by atoms with E-state index < -0.39 is 0 Å². The first kappa shape index (κ1) is 9.37. The van der Waals surface area contributed by atoms with E-state index in [0.717, 1.165) is 0 Å². The minimum Gasteiger partial charge on any atom is -0.324 e. The Kier molecular flexibility index (Phi) is 1.76. The van der Waals surface area contributed by atoms with Gasteiger partial charge in [-0.3, -0.25) is 0 Å². The fraction of sp³-hybridized carbons (Fsp3) is 0.636. The standard InChI is InChI=1S/C11H14BrNS/c1-7-8(12)6-9(14-7)10(2-3-10)11(13)4-5-11/h6H,2-5,13H2,1H3. The van der Waals surface area contributed by atoms with Gasteiger partial charge in [0, 0.05) is 25.2 Å². The van der Waals surface area contributed by atoms with Crippen LogP contribution >= 0.6 is 27.3 Å².